The van der Waals surface area contributed by atoms with Crippen molar-refractivity contribution < 1.29 is 19.1 Å². The second-order valence-corrected chi connectivity index (χ2v) is 8.98. The van der Waals surface area contributed by atoms with Crippen LogP contribution in [0.5, 0.6) is 0 Å². The lowest BCUT2D eigenvalue weighted by Crippen LogP contribution is -2.34. The fraction of sp³-hybridized carbons (Fsp3) is 0.118. The molecule has 0 N–H and O–H groups in total. The second kappa shape index (κ2) is 8.30. The Balaban J connectivity index is 1.71. The van der Waals surface area contributed by atoms with Crippen molar-refractivity contribution in [2.24, 2.45) is 0 Å². The van der Waals surface area contributed by atoms with Gasteiger partial charge in [0.1, 0.15) is 6.54 Å². The molecule has 2 amide bonds. The summed E-state index contributed by atoms with van der Waals surface area (Å²) in [5.41, 5.74) is 0. The van der Waals surface area contributed by atoms with Gasteiger partial charge in [-0.2, -0.15) is 0 Å². The maximum absolute atomic E-state index is 12.3. The maximum atomic E-state index is 12.3. The van der Waals surface area contributed by atoms with E-state index in [0.29, 0.717) is 9.93 Å². The Kier molecular flexibility index (Phi) is 6.08. The van der Waals surface area contributed by atoms with Gasteiger partial charge in [0.25, 0.3) is 11.1 Å². The highest BCUT2D eigenvalue weighted by Crippen LogP contribution is 2.37. The number of amides is 2. The van der Waals surface area contributed by atoms with Crippen LogP contribution in [0.1, 0.15) is 4.88 Å². The molecule has 2 heterocycles. The maximum Gasteiger partial charge on any atom is 0.325 e. The molecule has 1 aliphatic rings. The Bertz CT molecular complexity index is 892. The summed E-state index contributed by atoms with van der Waals surface area (Å²) in [4.78, 5) is 38.6. The van der Waals surface area contributed by atoms with Gasteiger partial charge in [-0.25, -0.2) is 0 Å². The number of carbonyl (C=O) groups excluding carboxylic acids is 3. The van der Waals surface area contributed by atoms with Crippen molar-refractivity contribution in [2.45, 2.75) is 9.10 Å². The third kappa shape index (κ3) is 4.50. The van der Waals surface area contributed by atoms with Gasteiger partial charge in [0, 0.05) is 14.8 Å². The Morgan fingerprint density at radius 1 is 1.23 bits per heavy atom. The van der Waals surface area contributed by atoms with E-state index < -0.39 is 17.1 Å². The molecule has 0 saturated carbocycles. The van der Waals surface area contributed by atoms with Crippen LogP contribution in [0.25, 0.3) is 6.08 Å². The first-order chi connectivity index (χ1) is 12.5. The highest BCUT2D eigenvalue weighted by atomic mass is 35.5. The molecule has 0 spiro atoms. The number of ether oxygens (including phenoxy) is 1. The van der Waals surface area contributed by atoms with Crippen LogP contribution >= 0.6 is 46.5 Å². The lowest BCUT2D eigenvalue weighted by Gasteiger charge is -2.09. The van der Waals surface area contributed by atoms with Crippen molar-refractivity contribution in [3.63, 3.8) is 0 Å². The number of carbonyl (C=O) groups is 3. The monoisotopic (exact) mass is 425 g/mol. The minimum atomic E-state index is -0.633. The average Bonchev–Trinajstić information content (AvgIpc) is 3.16. The van der Waals surface area contributed by atoms with Crippen LogP contribution in [0.3, 0.4) is 0 Å². The topological polar surface area (TPSA) is 63.7 Å². The average molecular weight is 426 g/mol. The Morgan fingerprint density at radius 2 is 1.96 bits per heavy atom. The Hall–Kier alpha value is -1.74. The molecule has 1 aromatic heterocycles. The Labute approximate surface area is 167 Å². The zero-order chi connectivity index (χ0) is 18.7. The van der Waals surface area contributed by atoms with E-state index in [9.17, 15) is 14.4 Å². The number of halogens is 1. The molecule has 1 aliphatic heterocycles. The lowest BCUT2D eigenvalue weighted by molar-refractivity contribution is -0.143. The molecule has 9 heteroatoms. The van der Waals surface area contributed by atoms with E-state index >= 15 is 0 Å². The lowest BCUT2D eigenvalue weighted by atomic mass is 10.3. The summed E-state index contributed by atoms with van der Waals surface area (Å²) in [7, 11) is 1.21. The molecule has 0 atom stereocenters. The number of hydrogen-bond acceptors (Lipinski definition) is 7. The number of hydrogen-bond donors (Lipinski definition) is 0. The minimum absolute atomic E-state index is 0.295. The zero-order valence-electron chi connectivity index (χ0n) is 13.4. The smallest absolute Gasteiger partial charge is 0.325 e. The standard InChI is InChI=1S/C17H12ClNO4S3/c1-23-14(20)9-19-16(21)13(26-17(19)22)8-12-6-7-15(25-12)24-11-4-2-10(18)3-5-11/h2-8H,9H2,1H3. The van der Waals surface area contributed by atoms with Crippen molar-refractivity contribution in [3.05, 3.63) is 51.2 Å². The van der Waals surface area contributed by atoms with E-state index in [4.69, 9.17) is 11.6 Å². The van der Waals surface area contributed by atoms with Gasteiger partial charge in [-0.1, -0.05) is 23.4 Å². The first kappa shape index (κ1) is 19.0. The van der Waals surface area contributed by atoms with E-state index in [1.807, 2.05) is 36.4 Å². The molecule has 0 radical (unpaired) electrons. The van der Waals surface area contributed by atoms with Crippen molar-refractivity contribution in [1.29, 1.82) is 0 Å². The zero-order valence-corrected chi connectivity index (χ0v) is 16.6. The van der Waals surface area contributed by atoms with Crippen LogP contribution in [0, 0.1) is 0 Å². The van der Waals surface area contributed by atoms with Crippen molar-refractivity contribution >= 4 is 69.7 Å². The highest BCUT2D eigenvalue weighted by molar-refractivity contribution is 8.18. The van der Waals surface area contributed by atoms with E-state index in [1.54, 1.807) is 17.8 Å². The number of nitrogens with zero attached hydrogens (tertiary/aromatic N) is 1. The first-order valence-corrected chi connectivity index (χ1v) is 10.1. The normalized spacial score (nSPS) is 15.8. The quantitative estimate of drug-likeness (QED) is 0.508. The van der Waals surface area contributed by atoms with Crippen LogP contribution in [0.4, 0.5) is 4.79 Å². The second-order valence-electron chi connectivity index (χ2n) is 5.06. The summed E-state index contributed by atoms with van der Waals surface area (Å²) < 4.78 is 5.56. The summed E-state index contributed by atoms with van der Waals surface area (Å²) in [6, 6.07) is 11.4. The van der Waals surface area contributed by atoms with Gasteiger partial charge in [0.2, 0.25) is 0 Å². The number of benzene rings is 1. The van der Waals surface area contributed by atoms with Gasteiger partial charge >= 0.3 is 5.97 Å². The van der Waals surface area contributed by atoms with E-state index in [2.05, 4.69) is 4.74 Å². The van der Waals surface area contributed by atoms with Crippen LogP contribution in [0.2, 0.25) is 5.02 Å². The van der Waals surface area contributed by atoms with Gasteiger partial charge in [-0.15, -0.1) is 11.3 Å². The molecular weight excluding hydrogens is 414 g/mol. The molecule has 0 aliphatic carbocycles. The third-order valence-corrected chi connectivity index (χ3v) is 6.63. The number of methoxy groups -OCH3 is 1. The minimum Gasteiger partial charge on any atom is -0.468 e. The van der Waals surface area contributed by atoms with Crippen LogP contribution < -0.4 is 0 Å². The molecule has 1 fully saturated rings. The van der Waals surface area contributed by atoms with Crippen LogP contribution in [0.15, 0.2) is 50.4 Å². The fourth-order valence-corrected chi connectivity index (χ4v) is 5.14. The largest absolute Gasteiger partial charge is 0.468 e. The summed E-state index contributed by atoms with van der Waals surface area (Å²) in [5.74, 6) is -1.11. The molecule has 134 valence electrons. The molecule has 0 unspecified atom stereocenters. The molecule has 3 rings (SSSR count). The Morgan fingerprint density at radius 3 is 2.65 bits per heavy atom. The molecular formula is C17H12ClNO4S3. The third-order valence-electron chi connectivity index (χ3n) is 3.30. The van der Waals surface area contributed by atoms with E-state index in [0.717, 1.165) is 30.6 Å². The summed E-state index contributed by atoms with van der Waals surface area (Å²) >= 11 is 9.80. The number of esters is 1. The van der Waals surface area contributed by atoms with Gasteiger partial charge in [-0.3, -0.25) is 19.3 Å². The molecule has 1 aromatic carbocycles. The van der Waals surface area contributed by atoms with Crippen molar-refractivity contribution in [3.8, 4) is 0 Å². The molecule has 1 saturated heterocycles. The predicted molar refractivity (Wildman–Crippen MR) is 105 cm³/mol. The van der Waals surface area contributed by atoms with Crippen molar-refractivity contribution in [2.75, 3.05) is 13.7 Å². The van der Waals surface area contributed by atoms with Crippen LogP contribution in [-0.2, 0) is 14.3 Å². The van der Waals surface area contributed by atoms with E-state index in [-0.39, 0.29) is 6.54 Å². The highest BCUT2D eigenvalue weighted by Gasteiger charge is 2.36. The predicted octanol–water partition coefficient (Wildman–Crippen LogP) is 4.76. The number of rotatable bonds is 5. The SMILES string of the molecule is COC(=O)CN1C(=O)SC(=Cc2ccc(Sc3ccc(Cl)cc3)s2)C1=O. The molecule has 5 nitrogen and oxygen atoms in total. The van der Waals surface area contributed by atoms with Crippen molar-refractivity contribution in [1.82, 2.24) is 4.90 Å². The number of thioether (sulfide) groups is 1. The molecule has 26 heavy (non-hydrogen) atoms. The number of thiophene rings is 1. The van der Waals surface area contributed by atoms with Gasteiger partial charge in [-0.05, 0) is 54.2 Å². The summed E-state index contributed by atoms with van der Waals surface area (Å²) in [6.45, 7) is -0.374. The summed E-state index contributed by atoms with van der Waals surface area (Å²) in [6.07, 6.45) is 1.67. The summed E-state index contributed by atoms with van der Waals surface area (Å²) in [5, 5.41) is 0.211. The number of imide groups is 1. The molecule has 2 aromatic rings. The van der Waals surface area contributed by atoms with Crippen LogP contribution in [-0.4, -0.2) is 35.7 Å². The van der Waals surface area contributed by atoms with Gasteiger partial charge < -0.3 is 4.74 Å². The van der Waals surface area contributed by atoms with Gasteiger partial charge in [0.05, 0.1) is 16.2 Å². The molecule has 0 bridgehead atoms. The fourth-order valence-electron chi connectivity index (χ4n) is 2.04. The van der Waals surface area contributed by atoms with Gasteiger partial charge in [0.15, 0.2) is 0 Å². The first-order valence-electron chi connectivity index (χ1n) is 7.31. The van der Waals surface area contributed by atoms with E-state index in [1.165, 1.54) is 18.4 Å².